The van der Waals surface area contributed by atoms with Gasteiger partial charge in [-0.1, -0.05) is 62.7 Å². The Bertz CT molecular complexity index is 532. The number of aryl methyl sites for hydroxylation is 1. The van der Waals surface area contributed by atoms with Crippen LogP contribution in [-0.2, 0) is 12.0 Å². The van der Waals surface area contributed by atoms with Gasteiger partial charge < -0.3 is 5.32 Å². The first-order valence-electron chi connectivity index (χ1n) is 6.85. The molecule has 19 heavy (non-hydrogen) atoms. The molecule has 2 aromatic rings. The van der Waals surface area contributed by atoms with Gasteiger partial charge in [-0.05, 0) is 35.6 Å². The third-order valence-electron chi connectivity index (χ3n) is 3.33. The van der Waals surface area contributed by atoms with Gasteiger partial charge in [-0.3, -0.25) is 0 Å². The predicted octanol–water partition coefficient (Wildman–Crippen LogP) is 4.90. The van der Waals surface area contributed by atoms with Crippen molar-refractivity contribution >= 4 is 5.69 Å². The number of anilines is 1. The minimum atomic E-state index is 0.217. The summed E-state index contributed by atoms with van der Waals surface area (Å²) in [4.78, 5) is 0. The smallest absolute Gasteiger partial charge is 0.0400 e. The highest BCUT2D eigenvalue weighted by atomic mass is 14.9. The predicted molar refractivity (Wildman–Crippen MR) is 83.6 cm³/mol. The molecule has 2 rings (SSSR count). The van der Waals surface area contributed by atoms with Gasteiger partial charge in [0.1, 0.15) is 0 Å². The van der Waals surface area contributed by atoms with Gasteiger partial charge >= 0.3 is 0 Å². The van der Waals surface area contributed by atoms with E-state index in [9.17, 15) is 0 Å². The van der Waals surface area contributed by atoms with E-state index in [4.69, 9.17) is 0 Å². The average Bonchev–Trinajstić information content (AvgIpc) is 2.36. The summed E-state index contributed by atoms with van der Waals surface area (Å²) in [5.74, 6) is 0. The molecule has 0 aromatic heterocycles. The highest BCUT2D eigenvalue weighted by Crippen LogP contribution is 2.23. The number of benzene rings is 2. The van der Waals surface area contributed by atoms with Crippen LogP contribution < -0.4 is 5.32 Å². The molecular weight excluding hydrogens is 230 g/mol. The SMILES string of the molecule is Cc1cccc(CNc2ccc(C(C)(C)C)cc2)c1. The van der Waals surface area contributed by atoms with Gasteiger partial charge in [-0.15, -0.1) is 0 Å². The van der Waals surface area contributed by atoms with Gasteiger partial charge in [-0.2, -0.15) is 0 Å². The molecule has 0 saturated heterocycles. The van der Waals surface area contributed by atoms with Crippen molar-refractivity contribution in [2.45, 2.75) is 39.7 Å². The van der Waals surface area contributed by atoms with Crippen LogP contribution in [0.4, 0.5) is 5.69 Å². The van der Waals surface area contributed by atoms with Crippen molar-refractivity contribution in [1.82, 2.24) is 0 Å². The Morgan fingerprint density at radius 2 is 1.63 bits per heavy atom. The fourth-order valence-corrected chi connectivity index (χ4v) is 2.11. The number of nitrogens with one attached hydrogen (secondary N) is 1. The Kier molecular flexibility index (Phi) is 3.94. The van der Waals surface area contributed by atoms with E-state index in [-0.39, 0.29) is 5.41 Å². The lowest BCUT2D eigenvalue weighted by molar-refractivity contribution is 0.590. The Hall–Kier alpha value is -1.76. The van der Waals surface area contributed by atoms with E-state index in [0.29, 0.717) is 0 Å². The van der Waals surface area contributed by atoms with Gasteiger partial charge in [0.05, 0.1) is 0 Å². The first-order chi connectivity index (χ1) is 8.95. The van der Waals surface area contributed by atoms with Crippen LogP contribution >= 0.6 is 0 Å². The third kappa shape index (κ3) is 3.85. The molecule has 2 aromatic carbocycles. The van der Waals surface area contributed by atoms with Crippen molar-refractivity contribution in [1.29, 1.82) is 0 Å². The summed E-state index contributed by atoms with van der Waals surface area (Å²) < 4.78 is 0. The molecule has 0 fully saturated rings. The fourth-order valence-electron chi connectivity index (χ4n) is 2.11. The Morgan fingerprint density at radius 3 is 2.21 bits per heavy atom. The van der Waals surface area contributed by atoms with Crippen molar-refractivity contribution in [3.05, 3.63) is 65.2 Å². The molecule has 0 spiro atoms. The fraction of sp³-hybridized carbons (Fsp3) is 0.333. The minimum absolute atomic E-state index is 0.217. The van der Waals surface area contributed by atoms with Crippen molar-refractivity contribution in [3.8, 4) is 0 Å². The molecule has 0 bridgehead atoms. The van der Waals surface area contributed by atoms with E-state index in [2.05, 4.69) is 81.5 Å². The monoisotopic (exact) mass is 253 g/mol. The maximum Gasteiger partial charge on any atom is 0.0400 e. The number of rotatable bonds is 3. The molecule has 0 radical (unpaired) electrons. The number of hydrogen-bond acceptors (Lipinski definition) is 1. The van der Waals surface area contributed by atoms with Crippen LogP contribution in [0.2, 0.25) is 0 Å². The first-order valence-corrected chi connectivity index (χ1v) is 6.85. The zero-order valence-electron chi connectivity index (χ0n) is 12.3. The molecule has 0 aliphatic carbocycles. The maximum absolute atomic E-state index is 3.47. The molecular formula is C18H23N. The zero-order chi connectivity index (χ0) is 13.9. The molecule has 1 nitrogen and oxygen atoms in total. The Morgan fingerprint density at radius 1 is 0.947 bits per heavy atom. The second kappa shape index (κ2) is 5.48. The largest absolute Gasteiger partial charge is 0.381 e. The molecule has 0 atom stereocenters. The summed E-state index contributed by atoms with van der Waals surface area (Å²) in [6.07, 6.45) is 0. The zero-order valence-corrected chi connectivity index (χ0v) is 12.3. The van der Waals surface area contributed by atoms with Crippen LogP contribution in [0, 0.1) is 6.92 Å². The van der Waals surface area contributed by atoms with Crippen LogP contribution in [0.15, 0.2) is 48.5 Å². The van der Waals surface area contributed by atoms with Gasteiger partial charge in [0.2, 0.25) is 0 Å². The lowest BCUT2D eigenvalue weighted by Gasteiger charge is -2.19. The molecule has 0 amide bonds. The Balaban J connectivity index is 2.01. The van der Waals surface area contributed by atoms with Crippen molar-refractivity contribution < 1.29 is 0 Å². The molecule has 0 heterocycles. The molecule has 1 heteroatoms. The summed E-state index contributed by atoms with van der Waals surface area (Å²) in [5, 5.41) is 3.47. The normalized spacial score (nSPS) is 11.4. The minimum Gasteiger partial charge on any atom is -0.381 e. The lowest BCUT2D eigenvalue weighted by atomic mass is 9.87. The van der Waals surface area contributed by atoms with E-state index in [1.807, 2.05) is 0 Å². The molecule has 100 valence electrons. The quantitative estimate of drug-likeness (QED) is 0.820. The first kappa shape index (κ1) is 13.7. The molecule has 1 N–H and O–H groups in total. The highest BCUT2D eigenvalue weighted by molar-refractivity contribution is 5.46. The summed E-state index contributed by atoms with van der Waals surface area (Å²) in [6.45, 7) is 9.71. The van der Waals surface area contributed by atoms with Gasteiger partial charge in [0.15, 0.2) is 0 Å². The van der Waals surface area contributed by atoms with Crippen LogP contribution in [0.25, 0.3) is 0 Å². The van der Waals surface area contributed by atoms with E-state index >= 15 is 0 Å². The van der Waals surface area contributed by atoms with Crippen LogP contribution in [-0.4, -0.2) is 0 Å². The summed E-state index contributed by atoms with van der Waals surface area (Å²) in [5.41, 5.74) is 5.39. The lowest BCUT2D eigenvalue weighted by Crippen LogP contribution is -2.10. The maximum atomic E-state index is 3.47. The van der Waals surface area contributed by atoms with Crippen molar-refractivity contribution in [3.63, 3.8) is 0 Å². The third-order valence-corrected chi connectivity index (χ3v) is 3.33. The van der Waals surface area contributed by atoms with Gasteiger partial charge in [0, 0.05) is 12.2 Å². The Labute approximate surface area is 116 Å². The van der Waals surface area contributed by atoms with Crippen LogP contribution in [0.5, 0.6) is 0 Å². The standard InChI is InChI=1S/C18H23N/c1-14-6-5-7-15(12-14)13-19-17-10-8-16(9-11-17)18(2,3)4/h5-12,19H,13H2,1-4H3. The van der Waals surface area contributed by atoms with Crippen molar-refractivity contribution in [2.75, 3.05) is 5.32 Å². The van der Waals surface area contributed by atoms with Gasteiger partial charge in [0.25, 0.3) is 0 Å². The molecule has 0 aliphatic rings. The molecule has 0 aliphatic heterocycles. The van der Waals surface area contributed by atoms with Gasteiger partial charge in [-0.25, -0.2) is 0 Å². The van der Waals surface area contributed by atoms with E-state index in [1.54, 1.807) is 0 Å². The van der Waals surface area contributed by atoms with E-state index in [1.165, 1.54) is 22.4 Å². The summed E-state index contributed by atoms with van der Waals surface area (Å²) in [6, 6.07) is 17.3. The van der Waals surface area contributed by atoms with Crippen LogP contribution in [0.3, 0.4) is 0 Å². The van der Waals surface area contributed by atoms with E-state index in [0.717, 1.165) is 6.54 Å². The second-order valence-electron chi connectivity index (χ2n) is 6.17. The molecule has 0 unspecified atom stereocenters. The van der Waals surface area contributed by atoms with E-state index < -0.39 is 0 Å². The molecule has 0 saturated carbocycles. The van der Waals surface area contributed by atoms with Crippen molar-refractivity contribution in [2.24, 2.45) is 0 Å². The number of hydrogen-bond donors (Lipinski definition) is 1. The average molecular weight is 253 g/mol. The highest BCUT2D eigenvalue weighted by Gasteiger charge is 2.12. The summed E-state index contributed by atoms with van der Waals surface area (Å²) >= 11 is 0. The van der Waals surface area contributed by atoms with Crippen LogP contribution in [0.1, 0.15) is 37.5 Å². The topological polar surface area (TPSA) is 12.0 Å². The second-order valence-corrected chi connectivity index (χ2v) is 6.17. The summed E-state index contributed by atoms with van der Waals surface area (Å²) in [7, 11) is 0.